The summed E-state index contributed by atoms with van der Waals surface area (Å²) in [4.78, 5) is 13.8. The molecule has 2 aliphatic heterocycles. The van der Waals surface area contributed by atoms with Crippen molar-refractivity contribution < 1.29 is 19.7 Å². The summed E-state index contributed by atoms with van der Waals surface area (Å²) in [5, 5.41) is 41.4. The number of methoxy groups -OCH3 is 2. The van der Waals surface area contributed by atoms with Crippen LogP contribution in [0.4, 0.5) is 11.6 Å². The van der Waals surface area contributed by atoms with Gasteiger partial charge in [0.1, 0.15) is 23.1 Å². The van der Waals surface area contributed by atoms with Gasteiger partial charge in [-0.1, -0.05) is 47.5 Å². The van der Waals surface area contributed by atoms with Crippen LogP contribution in [0.2, 0.25) is 10.0 Å². The van der Waals surface area contributed by atoms with E-state index in [1.54, 1.807) is 26.6 Å². The first kappa shape index (κ1) is 40.6. The van der Waals surface area contributed by atoms with Crippen molar-refractivity contribution in [2.24, 2.45) is 0 Å². The number of aromatic nitrogens is 2. The molecule has 4 heterocycles. The molecule has 4 atom stereocenters. The highest BCUT2D eigenvalue weighted by atomic mass is 79.9. The summed E-state index contributed by atoms with van der Waals surface area (Å²) in [7, 11) is 3.31. The van der Waals surface area contributed by atoms with Crippen LogP contribution < -0.4 is 19.3 Å². The van der Waals surface area contributed by atoms with Crippen LogP contribution in [0.1, 0.15) is 73.6 Å². The number of pyridine rings is 2. The van der Waals surface area contributed by atoms with Crippen molar-refractivity contribution >= 4 is 66.7 Å². The number of hydrogen-bond donors (Lipinski definition) is 2. The summed E-state index contributed by atoms with van der Waals surface area (Å²) < 4.78 is 12.0. The molecule has 2 aliphatic carbocycles. The molecular formula is C42H42Br2Cl2N6O4. The number of anilines is 2. The molecule has 2 aromatic carbocycles. The minimum absolute atomic E-state index is 0.140. The topological polar surface area (TPSA) is 139 Å². The number of halogens is 4. The third kappa shape index (κ3) is 7.69. The van der Waals surface area contributed by atoms with Gasteiger partial charge in [-0.2, -0.15) is 10.5 Å². The van der Waals surface area contributed by atoms with E-state index in [0.717, 1.165) is 80.3 Å². The van der Waals surface area contributed by atoms with Gasteiger partial charge in [0, 0.05) is 60.5 Å². The third-order valence-electron chi connectivity index (χ3n) is 11.9. The number of hydrogen-bond acceptors (Lipinski definition) is 10. The van der Waals surface area contributed by atoms with E-state index >= 15 is 0 Å². The highest BCUT2D eigenvalue weighted by molar-refractivity contribution is 9.10. The van der Waals surface area contributed by atoms with Crippen LogP contribution in [0.25, 0.3) is 0 Å². The Morgan fingerprint density at radius 2 is 1.05 bits per heavy atom. The number of rotatable bonds is 8. The Kier molecular flexibility index (Phi) is 11.6. The first-order valence-electron chi connectivity index (χ1n) is 18.4. The van der Waals surface area contributed by atoms with E-state index in [-0.39, 0.29) is 23.7 Å². The molecular weight excluding hydrogens is 883 g/mol. The zero-order valence-corrected chi connectivity index (χ0v) is 35.8. The summed E-state index contributed by atoms with van der Waals surface area (Å²) in [5.74, 6) is 3.38. The molecule has 8 rings (SSSR count). The van der Waals surface area contributed by atoms with Gasteiger partial charge in [-0.3, -0.25) is 0 Å². The fourth-order valence-electron chi connectivity index (χ4n) is 9.39. The van der Waals surface area contributed by atoms with E-state index in [9.17, 15) is 10.2 Å². The predicted octanol–water partition coefficient (Wildman–Crippen LogP) is 9.19. The SMILES string of the molecule is COc1ccc(CN2C[C@@]3(CC[C@@](O)(CC#N)C3)c3c2ncc(Br)c3Cl)cc1.COc1ccc(CN2C[C@@]3(CC[C@](O)(CC#N)C3)c3c2ncc(Br)c3Cl)cc1. The average molecular weight is 926 g/mol. The first-order valence-corrected chi connectivity index (χ1v) is 20.8. The van der Waals surface area contributed by atoms with Gasteiger partial charge in [-0.25, -0.2) is 9.97 Å². The van der Waals surface area contributed by atoms with Gasteiger partial charge in [-0.05, 0) is 106 Å². The number of fused-ring (bicyclic) bond motifs is 4. The van der Waals surface area contributed by atoms with Crippen LogP contribution in [0, 0.1) is 22.7 Å². The normalized spacial score (nSPS) is 25.8. The molecule has 2 saturated carbocycles. The Labute approximate surface area is 354 Å². The summed E-state index contributed by atoms with van der Waals surface area (Å²) in [6.45, 7) is 2.84. The minimum Gasteiger partial charge on any atom is -0.497 e. The molecule has 2 spiro atoms. The summed E-state index contributed by atoms with van der Waals surface area (Å²) in [5.41, 5.74) is 1.77. The quantitative estimate of drug-likeness (QED) is 0.176. The summed E-state index contributed by atoms with van der Waals surface area (Å²) in [6, 6.07) is 20.3. The molecule has 56 heavy (non-hydrogen) atoms. The van der Waals surface area contributed by atoms with Crippen molar-refractivity contribution in [2.75, 3.05) is 37.1 Å². The lowest BCUT2D eigenvalue weighted by Gasteiger charge is -2.28. The van der Waals surface area contributed by atoms with E-state index in [4.69, 9.17) is 43.2 Å². The molecule has 0 unspecified atom stereocenters. The van der Waals surface area contributed by atoms with Crippen LogP contribution in [0.5, 0.6) is 11.5 Å². The lowest BCUT2D eigenvalue weighted by Crippen LogP contribution is -2.34. The van der Waals surface area contributed by atoms with Gasteiger partial charge in [0.25, 0.3) is 0 Å². The second-order valence-corrected chi connectivity index (χ2v) is 18.1. The van der Waals surface area contributed by atoms with Gasteiger partial charge >= 0.3 is 0 Å². The summed E-state index contributed by atoms with van der Waals surface area (Å²) >= 11 is 20.4. The molecule has 2 N–H and O–H groups in total. The summed E-state index contributed by atoms with van der Waals surface area (Å²) in [6.07, 6.45) is 7.57. The van der Waals surface area contributed by atoms with Crippen LogP contribution in [-0.2, 0) is 23.9 Å². The largest absolute Gasteiger partial charge is 0.497 e. The van der Waals surface area contributed by atoms with E-state index in [2.05, 4.69) is 63.8 Å². The lowest BCUT2D eigenvalue weighted by molar-refractivity contribution is 0.0459. The van der Waals surface area contributed by atoms with Crippen molar-refractivity contribution in [2.45, 2.75) is 86.5 Å². The minimum atomic E-state index is -0.964. The molecule has 0 saturated heterocycles. The molecule has 4 aromatic rings. The monoisotopic (exact) mass is 922 g/mol. The molecule has 4 aliphatic rings. The Morgan fingerprint density at radius 3 is 1.39 bits per heavy atom. The Balaban J connectivity index is 0.000000172. The Morgan fingerprint density at radius 1 is 0.679 bits per heavy atom. The Bertz CT molecular complexity index is 2050. The number of aliphatic hydroxyl groups is 2. The molecule has 292 valence electrons. The van der Waals surface area contributed by atoms with Crippen LogP contribution in [0.15, 0.2) is 69.9 Å². The standard InChI is InChI=1S/2C21H21BrClN3O2/c2*1-28-15-4-2-14(3-5-15)11-26-13-20(6-7-21(27,12-20)8-9-24)17-18(23)16(22)10-25-19(17)26/h2*2-5,10,27H,6-8,11-13H2,1H3/t20-,21+;20-,21-/m00/s1. The molecule has 10 nitrogen and oxygen atoms in total. The Hall–Kier alpha value is -3.62. The zero-order valence-electron chi connectivity index (χ0n) is 31.2. The highest BCUT2D eigenvalue weighted by Crippen LogP contribution is 2.58. The number of benzene rings is 2. The molecule has 14 heteroatoms. The maximum atomic E-state index is 10.9. The van der Waals surface area contributed by atoms with Gasteiger partial charge < -0.3 is 29.5 Å². The molecule has 0 bridgehead atoms. The van der Waals surface area contributed by atoms with Gasteiger partial charge in [0.15, 0.2) is 0 Å². The van der Waals surface area contributed by atoms with Crippen LogP contribution in [-0.4, -0.2) is 58.7 Å². The smallest absolute Gasteiger partial charge is 0.134 e. The molecule has 0 amide bonds. The molecule has 2 aromatic heterocycles. The number of ether oxygens (including phenoxy) is 2. The number of nitrogens with zero attached hydrogens (tertiary/aromatic N) is 6. The molecule has 2 fully saturated rings. The predicted molar refractivity (Wildman–Crippen MR) is 223 cm³/mol. The lowest BCUT2D eigenvalue weighted by atomic mass is 9.79. The van der Waals surface area contributed by atoms with Gasteiger partial charge in [-0.15, -0.1) is 0 Å². The maximum Gasteiger partial charge on any atom is 0.134 e. The average Bonchev–Trinajstić information content (AvgIpc) is 3.89. The highest BCUT2D eigenvalue weighted by Gasteiger charge is 2.56. The van der Waals surface area contributed by atoms with Crippen LogP contribution in [0.3, 0.4) is 0 Å². The van der Waals surface area contributed by atoms with Crippen molar-refractivity contribution in [1.29, 1.82) is 10.5 Å². The fraction of sp³-hybridized carbons (Fsp3) is 0.429. The number of nitriles is 2. The van der Waals surface area contributed by atoms with Crippen molar-refractivity contribution in [3.8, 4) is 23.6 Å². The van der Waals surface area contributed by atoms with Crippen molar-refractivity contribution in [3.63, 3.8) is 0 Å². The molecule has 0 radical (unpaired) electrons. The van der Waals surface area contributed by atoms with E-state index in [1.165, 1.54) is 0 Å². The van der Waals surface area contributed by atoms with Gasteiger partial charge in [0.2, 0.25) is 0 Å². The second kappa shape index (κ2) is 16.0. The fourth-order valence-corrected chi connectivity index (χ4v) is 10.7. The maximum absolute atomic E-state index is 10.9. The van der Waals surface area contributed by atoms with Gasteiger partial charge in [0.05, 0.1) is 69.4 Å². The van der Waals surface area contributed by atoms with Crippen molar-refractivity contribution in [3.05, 3.63) is 102 Å². The van der Waals surface area contributed by atoms with E-state index in [1.807, 2.05) is 48.5 Å². The van der Waals surface area contributed by atoms with E-state index < -0.39 is 11.2 Å². The van der Waals surface area contributed by atoms with E-state index in [0.29, 0.717) is 48.8 Å². The van der Waals surface area contributed by atoms with Crippen LogP contribution >= 0.6 is 55.1 Å². The third-order valence-corrected chi connectivity index (χ3v) is 14.4. The zero-order chi connectivity index (χ0) is 39.9. The first-order chi connectivity index (χ1) is 26.8. The second-order valence-electron chi connectivity index (χ2n) is 15.7. The van der Waals surface area contributed by atoms with Crippen molar-refractivity contribution in [1.82, 2.24) is 9.97 Å².